The van der Waals surface area contributed by atoms with Crippen molar-refractivity contribution in [1.29, 1.82) is 0 Å². The molecule has 5 nitrogen and oxygen atoms in total. The van der Waals surface area contributed by atoms with Crippen molar-refractivity contribution >= 4 is 5.97 Å². The van der Waals surface area contributed by atoms with Crippen LogP contribution in [0.4, 0.5) is 0 Å². The van der Waals surface area contributed by atoms with E-state index in [0.29, 0.717) is 5.92 Å². The number of rotatable bonds is 3. The zero-order valence-corrected chi connectivity index (χ0v) is 11.6. The average Bonchev–Trinajstić information content (AvgIpc) is 2.26. The molecule has 19 heavy (non-hydrogen) atoms. The Kier molecular flexibility index (Phi) is 3.73. The maximum atomic E-state index is 11.1. The van der Waals surface area contributed by atoms with E-state index in [0.717, 1.165) is 12.8 Å². The molecule has 2 rings (SSSR count). The van der Waals surface area contributed by atoms with Gasteiger partial charge in [0.25, 0.3) is 0 Å². The lowest BCUT2D eigenvalue weighted by Gasteiger charge is -2.38. The molecule has 1 fully saturated rings. The number of nitrogens with zero attached hydrogens (tertiary/aromatic N) is 2. The summed E-state index contributed by atoms with van der Waals surface area (Å²) in [6, 6.07) is 1.42. The van der Waals surface area contributed by atoms with Crippen LogP contribution in [0.3, 0.4) is 0 Å². The molecule has 1 heterocycles. The minimum Gasteiger partial charge on any atom is -0.477 e. The van der Waals surface area contributed by atoms with Gasteiger partial charge >= 0.3 is 5.97 Å². The summed E-state index contributed by atoms with van der Waals surface area (Å²) in [6.45, 7) is 6.63. The highest BCUT2D eigenvalue weighted by Crippen LogP contribution is 2.39. The van der Waals surface area contributed by atoms with Gasteiger partial charge in [0.15, 0.2) is 0 Å². The van der Waals surface area contributed by atoms with Crippen LogP contribution < -0.4 is 4.74 Å². The van der Waals surface area contributed by atoms with Crippen LogP contribution in [0.1, 0.15) is 50.4 Å². The molecule has 1 N–H and O–H groups in total. The van der Waals surface area contributed by atoms with Crippen molar-refractivity contribution in [3.63, 3.8) is 0 Å². The van der Waals surface area contributed by atoms with Crippen LogP contribution >= 0.6 is 0 Å². The van der Waals surface area contributed by atoms with Crippen LogP contribution in [0, 0.1) is 11.3 Å². The molecule has 0 radical (unpaired) electrons. The van der Waals surface area contributed by atoms with Crippen molar-refractivity contribution in [2.45, 2.75) is 46.1 Å². The molecule has 1 aliphatic rings. The lowest BCUT2D eigenvalue weighted by atomic mass is 9.71. The highest BCUT2D eigenvalue weighted by Gasteiger charge is 2.34. The van der Waals surface area contributed by atoms with Gasteiger partial charge in [0.05, 0.1) is 6.20 Å². The largest absolute Gasteiger partial charge is 0.477 e. The van der Waals surface area contributed by atoms with Crippen LogP contribution in [0.15, 0.2) is 12.3 Å². The van der Waals surface area contributed by atoms with Crippen LogP contribution in [-0.4, -0.2) is 27.4 Å². The average molecular weight is 264 g/mol. The van der Waals surface area contributed by atoms with E-state index in [1.807, 2.05) is 0 Å². The second-order valence-electron chi connectivity index (χ2n) is 6.21. The van der Waals surface area contributed by atoms with E-state index in [4.69, 9.17) is 9.84 Å². The number of ether oxygens (including phenoxy) is 1. The summed E-state index contributed by atoms with van der Waals surface area (Å²) in [4.78, 5) is 11.1. The van der Waals surface area contributed by atoms with E-state index in [-0.39, 0.29) is 23.0 Å². The fourth-order valence-electron chi connectivity index (χ4n) is 3.07. The molecular weight excluding hydrogens is 244 g/mol. The third-order valence-corrected chi connectivity index (χ3v) is 3.54. The Labute approximate surface area is 113 Å². The van der Waals surface area contributed by atoms with Crippen molar-refractivity contribution < 1.29 is 14.6 Å². The SMILES string of the molecule is CC1CC(Oc2nnccc2C(=O)O)CC(C)(C)C1. The minimum atomic E-state index is -1.03. The predicted octanol–water partition coefficient (Wildman–Crippen LogP) is 2.77. The monoisotopic (exact) mass is 264 g/mol. The standard InChI is InChI=1S/C14H20N2O3/c1-9-6-10(8-14(2,3)7-9)19-12-11(13(17)18)4-5-15-16-12/h4-5,9-10H,6-8H2,1-3H3,(H,17,18). The van der Waals surface area contributed by atoms with Gasteiger partial charge in [-0.2, -0.15) is 5.10 Å². The topological polar surface area (TPSA) is 72.3 Å². The quantitative estimate of drug-likeness (QED) is 0.908. The molecule has 0 aliphatic heterocycles. The first-order chi connectivity index (χ1) is 8.87. The van der Waals surface area contributed by atoms with Crippen LogP contribution in [0.2, 0.25) is 0 Å². The van der Waals surface area contributed by atoms with Crippen LogP contribution in [0.25, 0.3) is 0 Å². The highest BCUT2D eigenvalue weighted by atomic mass is 16.5. The molecule has 1 aromatic rings. The molecule has 2 unspecified atom stereocenters. The molecular formula is C14H20N2O3. The molecule has 104 valence electrons. The summed E-state index contributed by atoms with van der Waals surface area (Å²) < 4.78 is 5.80. The van der Waals surface area contributed by atoms with E-state index in [9.17, 15) is 4.79 Å². The lowest BCUT2D eigenvalue weighted by Crippen LogP contribution is -2.34. The Hall–Kier alpha value is -1.65. The Balaban J connectivity index is 2.15. The van der Waals surface area contributed by atoms with Crippen molar-refractivity contribution in [3.8, 4) is 5.88 Å². The normalized spacial score (nSPS) is 25.8. The summed E-state index contributed by atoms with van der Waals surface area (Å²) in [5.41, 5.74) is 0.291. The number of hydrogen-bond acceptors (Lipinski definition) is 4. The van der Waals surface area contributed by atoms with Gasteiger partial charge in [0, 0.05) is 0 Å². The Morgan fingerprint density at radius 1 is 1.47 bits per heavy atom. The van der Waals surface area contributed by atoms with E-state index >= 15 is 0 Å². The summed E-state index contributed by atoms with van der Waals surface area (Å²) in [5.74, 6) is -0.336. The van der Waals surface area contributed by atoms with Gasteiger partial charge in [-0.25, -0.2) is 4.79 Å². The molecule has 0 spiro atoms. The number of aromatic nitrogens is 2. The van der Waals surface area contributed by atoms with Crippen molar-refractivity contribution in [2.75, 3.05) is 0 Å². The zero-order valence-electron chi connectivity index (χ0n) is 11.6. The van der Waals surface area contributed by atoms with E-state index in [1.54, 1.807) is 0 Å². The minimum absolute atomic E-state index is 0.00792. The van der Waals surface area contributed by atoms with E-state index in [2.05, 4.69) is 31.0 Å². The zero-order chi connectivity index (χ0) is 14.0. The lowest BCUT2D eigenvalue weighted by molar-refractivity contribution is 0.0497. The third kappa shape index (κ3) is 3.43. The number of carboxylic acid groups (broad SMARTS) is 1. The molecule has 2 atom stereocenters. The summed E-state index contributed by atoms with van der Waals surface area (Å²) in [7, 11) is 0. The van der Waals surface area contributed by atoms with Crippen molar-refractivity contribution in [2.24, 2.45) is 11.3 Å². The third-order valence-electron chi connectivity index (χ3n) is 3.54. The second-order valence-corrected chi connectivity index (χ2v) is 6.21. The van der Waals surface area contributed by atoms with Gasteiger partial charge in [0.1, 0.15) is 11.7 Å². The fraction of sp³-hybridized carbons (Fsp3) is 0.643. The molecule has 1 aliphatic carbocycles. The molecule has 0 bridgehead atoms. The van der Waals surface area contributed by atoms with Gasteiger partial charge in [-0.3, -0.25) is 0 Å². The smallest absolute Gasteiger partial charge is 0.341 e. The Morgan fingerprint density at radius 3 is 2.84 bits per heavy atom. The second kappa shape index (κ2) is 5.15. The number of hydrogen-bond donors (Lipinski definition) is 1. The van der Waals surface area contributed by atoms with Crippen molar-refractivity contribution in [1.82, 2.24) is 10.2 Å². The van der Waals surface area contributed by atoms with Crippen molar-refractivity contribution in [3.05, 3.63) is 17.8 Å². The van der Waals surface area contributed by atoms with Gasteiger partial charge in [-0.15, -0.1) is 5.10 Å². The molecule has 5 heteroatoms. The van der Waals surface area contributed by atoms with Crippen LogP contribution in [-0.2, 0) is 0 Å². The first kappa shape index (κ1) is 13.8. The van der Waals surface area contributed by atoms with E-state index in [1.165, 1.54) is 18.7 Å². The summed E-state index contributed by atoms with van der Waals surface area (Å²) in [6.07, 6.45) is 4.38. The molecule has 0 aromatic carbocycles. The predicted molar refractivity (Wildman–Crippen MR) is 70.2 cm³/mol. The summed E-state index contributed by atoms with van der Waals surface area (Å²) >= 11 is 0. The van der Waals surface area contributed by atoms with E-state index < -0.39 is 5.97 Å². The first-order valence-electron chi connectivity index (χ1n) is 6.59. The van der Waals surface area contributed by atoms with Gasteiger partial charge < -0.3 is 9.84 Å². The molecule has 1 aromatic heterocycles. The number of aromatic carboxylic acids is 1. The van der Waals surface area contributed by atoms with Crippen LogP contribution in [0.5, 0.6) is 5.88 Å². The maximum absolute atomic E-state index is 11.1. The fourth-order valence-corrected chi connectivity index (χ4v) is 3.07. The van der Waals surface area contributed by atoms with Gasteiger partial charge in [-0.05, 0) is 36.7 Å². The van der Waals surface area contributed by atoms with Gasteiger partial charge in [0.2, 0.25) is 5.88 Å². The summed E-state index contributed by atoms with van der Waals surface area (Å²) in [5, 5.41) is 16.6. The first-order valence-corrected chi connectivity index (χ1v) is 6.59. The molecule has 0 saturated heterocycles. The highest BCUT2D eigenvalue weighted by molar-refractivity contribution is 5.89. The number of carboxylic acids is 1. The Morgan fingerprint density at radius 2 is 2.21 bits per heavy atom. The number of carbonyl (C=O) groups is 1. The molecule has 0 amide bonds. The Bertz CT molecular complexity index is 474. The maximum Gasteiger partial charge on any atom is 0.341 e. The molecule has 1 saturated carbocycles. The van der Waals surface area contributed by atoms with Gasteiger partial charge in [-0.1, -0.05) is 20.8 Å².